The normalized spacial score (nSPS) is 14.6. The number of benzene rings is 3. The molecule has 1 aliphatic rings. The lowest BCUT2D eigenvalue weighted by Gasteiger charge is -2.29. The van der Waals surface area contributed by atoms with E-state index in [1.807, 2.05) is 48.5 Å². The number of aromatic amines is 1. The summed E-state index contributed by atoms with van der Waals surface area (Å²) in [5.41, 5.74) is 3.39. The van der Waals surface area contributed by atoms with Crippen LogP contribution in [0, 0.1) is 5.92 Å². The van der Waals surface area contributed by atoms with Gasteiger partial charge in [0.25, 0.3) is 0 Å². The van der Waals surface area contributed by atoms with Crippen molar-refractivity contribution in [3.63, 3.8) is 0 Å². The van der Waals surface area contributed by atoms with E-state index in [9.17, 15) is 9.59 Å². The van der Waals surface area contributed by atoms with Crippen molar-refractivity contribution in [3.05, 3.63) is 123 Å². The van der Waals surface area contributed by atoms with Crippen LogP contribution < -0.4 is 19.8 Å². The van der Waals surface area contributed by atoms with Crippen molar-refractivity contribution >= 4 is 35.1 Å². The number of hydrogen-bond acceptors (Lipinski definition) is 9. The summed E-state index contributed by atoms with van der Waals surface area (Å²) >= 11 is 12.9. The van der Waals surface area contributed by atoms with Crippen LogP contribution in [0.25, 0.3) is 0 Å². The molecule has 2 heterocycles. The molecule has 1 unspecified atom stereocenters. The largest absolute Gasteiger partial charge is 0.870 e. The number of carbonyl (C=O) groups is 2. The summed E-state index contributed by atoms with van der Waals surface area (Å²) in [6.07, 6.45) is 4.77. The summed E-state index contributed by atoms with van der Waals surface area (Å²) in [5.74, 6) is 0.592. The number of likely N-dealkylation sites (tertiary alicyclic amines) is 1. The van der Waals surface area contributed by atoms with Gasteiger partial charge in [-0.1, -0.05) is 71.7 Å². The van der Waals surface area contributed by atoms with Crippen molar-refractivity contribution in [1.82, 2.24) is 10.2 Å². The van der Waals surface area contributed by atoms with Crippen molar-refractivity contribution in [2.45, 2.75) is 38.0 Å². The second-order valence-corrected chi connectivity index (χ2v) is 13.0. The number of pyridine rings is 1. The number of hydrogen-bond donors (Lipinski definition) is 1. The third-order valence-electron chi connectivity index (χ3n) is 8.78. The van der Waals surface area contributed by atoms with Crippen molar-refractivity contribution < 1.29 is 39.0 Å². The number of carbonyl (C=O) groups excluding carboxylic acids is 2. The van der Waals surface area contributed by atoms with Gasteiger partial charge in [-0.25, -0.2) is 14.6 Å². The Bertz CT molecular complexity index is 1680. The zero-order valence-electron chi connectivity index (χ0n) is 28.4. The molecular formula is C38H43Cl2N3O7. The average molecular weight is 725 g/mol. The number of halogens is 2. The van der Waals surface area contributed by atoms with Crippen molar-refractivity contribution in [3.8, 4) is 11.5 Å². The summed E-state index contributed by atoms with van der Waals surface area (Å²) in [5, 5.41) is 4.20. The fourth-order valence-electron chi connectivity index (χ4n) is 5.81. The van der Waals surface area contributed by atoms with Gasteiger partial charge in [0.05, 0.1) is 26.4 Å². The molecule has 1 fully saturated rings. The van der Waals surface area contributed by atoms with Gasteiger partial charge >= 0.3 is 11.9 Å². The quantitative estimate of drug-likeness (QED) is 0.145. The highest BCUT2D eigenvalue weighted by Gasteiger charge is 2.26. The van der Waals surface area contributed by atoms with E-state index in [1.165, 1.54) is 0 Å². The highest BCUT2D eigenvalue weighted by Crippen LogP contribution is 2.35. The molecule has 1 aliphatic heterocycles. The molecule has 1 aromatic heterocycles. The molecule has 266 valence electrons. The Morgan fingerprint density at radius 2 is 1.56 bits per heavy atom. The first-order chi connectivity index (χ1) is 23.7. The molecule has 1 saturated heterocycles. The Hall–Kier alpha value is -4.19. The molecule has 0 saturated carbocycles. The molecule has 0 radical (unpaired) electrons. The number of aromatic nitrogens is 1. The number of H-pyrrole nitrogens is 1. The summed E-state index contributed by atoms with van der Waals surface area (Å²) in [6.45, 7) is 2.82. The Morgan fingerprint density at radius 3 is 2.20 bits per heavy atom. The van der Waals surface area contributed by atoms with E-state index in [0.717, 1.165) is 37.1 Å². The van der Waals surface area contributed by atoms with Crippen molar-refractivity contribution in [2.24, 2.45) is 5.92 Å². The van der Waals surface area contributed by atoms with Crippen LogP contribution in [-0.4, -0.2) is 63.3 Å². The van der Waals surface area contributed by atoms with E-state index in [2.05, 4.69) is 22.2 Å². The summed E-state index contributed by atoms with van der Waals surface area (Å²) in [6, 6.07) is 21.3. The molecule has 0 spiro atoms. The van der Waals surface area contributed by atoms with Gasteiger partial charge in [-0.3, -0.25) is 5.32 Å². The third-order valence-corrected chi connectivity index (χ3v) is 9.46. The minimum absolute atomic E-state index is 0. The summed E-state index contributed by atoms with van der Waals surface area (Å²) in [7, 11) is 5.21. The summed E-state index contributed by atoms with van der Waals surface area (Å²) < 4.78 is 22.8. The SMILES string of the molecule is COc1ccc([C@H](Cc2c(Cl)c[nH+]cc2Cl)OC(=O)c2ccc(CNC(C(=O)OCC3CCN(C)CC3)c3ccccc3)cc2)cc1OC.[OH-]. The Morgan fingerprint density at radius 1 is 0.900 bits per heavy atom. The smallest absolute Gasteiger partial charge is 0.338 e. The predicted octanol–water partition coefficient (Wildman–Crippen LogP) is 6.50. The first kappa shape index (κ1) is 38.6. The Labute approximate surface area is 302 Å². The number of ether oxygens (including phenoxy) is 4. The number of methoxy groups -OCH3 is 2. The van der Waals surface area contributed by atoms with E-state index in [4.69, 9.17) is 42.1 Å². The number of nitrogens with zero attached hydrogens (tertiary/aromatic N) is 1. The van der Waals surface area contributed by atoms with Crippen molar-refractivity contribution in [2.75, 3.05) is 41.0 Å². The van der Waals surface area contributed by atoms with E-state index >= 15 is 0 Å². The molecule has 0 bridgehead atoms. The Balaban J connectivity index is 0.00000562. The van der Waals surface area contributed by atoms with Gasteiger partial charge in [0.2, 0.25) is 0 Å². The maximum absolute atomic E-state index is 13.5. The monoisotopic (exact) mass is 723 g/mol. The molecule has 3 N–H and O–H groups in total. The van der Waals surface area contributed by atoms with Crippen LogP contribution in [0.4, 0.5) is 0 Å². The maximum atomic E-state index is 13.5. The molecule has 0 amide bonds. The van der Waals surface area contributed by atoms with Crippen LogP contribution in [0.5, 0.6) is 11.5 Å². The highest BCUT2D eigenvalue weighted by atomic mass is 35.5. The Kier molecular flexibility index (Phi) is 14.4. The van der Waals surface area contributed by atoms with E-state index in [-0.39, 0.29) is 17.9 Å². The fourth-order valence-corrected chi connectivity index (χ4v) is 6.34. The van der Waals surface area contributed by atoms with Crippen molar-refractivity contribution in [1.29, 1.82) is 0 Å². The molecule has 0 aliphatic carbocycles. The number of piperidine rings is 1. The van der Waals surface area contributed by atoms with Gasteiger partial charge in [-0.2, -0.15) is 0 Å². The van der Waals surface area contributed by atoms with Crippen LogP contribution in [0.15, 0.2) is 85.2 Å². The van der Waals surface area contributed by atoms with Crippen LogP contribution >= 0.6 is 23.2 Å². The number of nitrogens with one attached hydrogen (secondary N) is 2. The van der Waals surface area contributed by atoms with Gasteiger partial charge in [0.15, 0.2) is 23.9 Å². The fraction of sp³-hybridized carbons (Fsp3) is 0.342. The van der Waals surface area contributed by atoms with E-state index in [0.29, 0.717) is 57.3 Å². The second kappa shape index (κ2) is 18.7. The zero-order chi connectivity index (χ0) is 34.8. The molecule has 50 heavy (non-hydrogen) atoms. The third kappa shape index (κ3) is 10.2. The average Bonchev–Trinajstić information content (AvgIpc) is 3.13. The minimum atomic E-state index is -0.738. The van der Waals surface area contributed by atoms with Crippen LogP contribution in [0.3, 0.4) is 0 Å². The van der Waals surface area contributed by atoms with Gasteiger partial charge in [-0.15, -0.1) is 0 Å². The molecule has 3 aromatic carbocycles. The molecule has 2 atom stereocenters. The second-order valence-electron chi connectivity index (χ2n) is 12.1. The number of esters is 2. The van der Waals surface area contributed by atoms with Crippen LogP contribution in [-0.2, 0) is 27.2 Å². The molecule has 10 nitrogen and oxygen atoms in total. The van der Waals surface area contributed by atoms with E-state index < -0.39 is 18.1 Å². The van der Waals surface area contributed by atoms with Gasteiger partial charge in [0.1, 0.15) is 22.2 Å². The zero-order valence-corrected chi connectivity index (χ0v) is 29.9. The first-order valence-electron chi connectivity index (χ1n) is 16.2. The standard InChI is InChI=1S/C38H41Cl2N3O6.H2O/c1-43-17-15-26(16-18-43)24-48-38(45)36(27-7-5-4-6-8-27)42-21-25-9-11-28(12-10-25)37(44)49-34(20-30-31(39)22-41-23-32(30)40)29-13-14-33(46-2)35(19-29)47-3;/h4-14,19,22-23,26,34,36,42H,15-18,20-21,24H2,1-3H3;1H2/t34-,36?;/m0./s1. The number of rotatable bonds is 14. The lowest BCUT2D eigenvalue weighted by atomic mass is 9.98. The topological polar surface area (TPSA) is 130 Å². The maximum Gasteiger partial charge on any atom is 0.338 e. The van der Waals surface area contributed by atoms with Gasteiger partial charge < -0.3 is 29.3 Å². The van der Waals surface area contributed by atoms with E-state index in [1.54, 1.807) is 50.9 Å². The molecule has 5 rings (SSSR count). The predicted molar refractivity (Wildman–Crippen MR) is 190 cm³/mol. The first-order valence-corrected chi connectivity index (χ1v) is 17.0. The van der Waals surface area contributed by atoms with Crippen LogP contribution in [0.1, 0.15) is 57.6 Å². The molecule has 12 heteroatoms. The highest BCUT2D eigenvalue weighted by molar-refractivity contribution is 6.35. The molecule has 4 aromatic rings. The van der Waals surface area contributed by atoms with Gasteiger partial charge in [0, 0.05) is 18.5 Å². The lowest BCUT2D eigenvalue weighted by molar-refractivity contribution is -0.377. The molecular weight excluding hydrogens is 681 g/mol. The van der Waals surface area contributed by atoms with Gasteiger partial charge in [-0.05, 0) is 79.9 Å². The lowest BCUT2D eigenvalue weighted by Crippen LogP contribution is -2.34. The van der Waals surface area contributed by atoms with Crippen LogP contribution in [0.2, 0.25) is 10.0 Å². The minimum Gasteiger partial charge on any atom is -0.870 e. The summed E-state index contributed by atoms with van der Waals surface area (Å²) in [4.78, 5) is 32.0.